The van der Waals surface area contributed by atoms with Crippen molar-refractivity contribution in [3.05, 3.63) is 229 Å². The highest BCUT2D eigenvalue weighted by Gasteiger charge is 2.58. The van der Waals surface area contributed by atoms with E-state index in [1.54, 1.807) is 10.4 Å². The van der Waals surface area contributed by atoms with Crippen LogP contribution in [0.25, 0.3) is 22.3 Å². The third-order valence-electron chi connectivity index (χ3n) is 12.8. The minimum Gasteiger partial charge on any atom is -0.0654 e. The Kier molecular flexibility index (Phi) is 8.05. The van der Waals surface area contributed by atoms with Crippen LogP contribution in [0.15, 0.2) is 206 Å². The Bertz CT molecular complexity index is 2350. The van der Waals surface area contributed by atoms with Crippen LogP contribution in [0.5, 0.6) is 0 Å². The molecule has 8 aromatic carbocycles. The summed E-state index contributed by atoms with van der Waals surface area (Å²) < 4.78 is 0. The van der Waals surface area contributed by atoms with Crippen LogP contribution >= 0.6 is 0 Å². The van der Waals surface area contributed by atoms with Crippen LogP contribution in [0.2, 0.25) is 5.16 Å². The molecule has 0 nitrogen and oxygen atoms in total. The second-order valence-corrected chi connectivity index (χ2v) is 24.1. The van der Waals surface area contributed by atoms with Gasteiger partial charge in [0.2, 0.25) is 0 Å². The molecule has 0 atom stereocenters. The van der Waals surface area contributed by atoms with Crippen LogP contribution in [0, 0.1) is 0 Å². The van der Waals surface area contributed by atoms with Crippen molar-refractivity contribution >= 4 is 47.3 Å². The molecule has 0 heterocycles. The van der Waals surface area contributed by atoms with Crippen LogP contribution in [0.4, 0.5) is 0 Å². The van der Waals surface area contributed by atoms with E-state index in [0.29, 0.717) is 0 Å². The van der Waals surface area contributed by atoms with Gasteiger partial charge in [0.1, 0.15) is 16.1 Å². The van der Waals surface area contributed by atoms with Gasteiger partial charge in [0.05, 0.1) is 0 Å². The fourth-order valence-electron chi connectivity index (χ4n) is 10.6. The van der Waals surface area contributed by atoms with E-state index in [2.05, 4.69) is 213 Å². The average Bonchev–Trinajstić information content (AvgIpc) is 3.83. The van der Waals surface area contributed by atoms with Gasteiger partial charge < -0.3 is 0 Å². The zero-order valence-electron chi connectivity index (χ0n) is 30.6. The molecule has 258 valence electrons. The monoisotopic (exact) mass is 722 g/mol. The maximum Gasteiger partial charge on any atom is 0.149 e. The normalized spacial score (nSPS) is 12.9. The van der Waals surface area contributed by atoms with Crippen LogP contribution in [0.3, 0.4) is 0 Å². The van der Waals surface area contributed by atoms with Crippen LogP contribution in [-0.4, -0.2) is 16.1 Å². The quantitative estimate of drug-likeness (QED) is 0.109. The van der Waals surface area contributed by atoms with E-state index in [-0.39, 0.29) is 5.16 Å². The van der Waals surface area contributed by atoms with E-state index in [4.69, 9.17) is 0 Å². The Morgan fingerprint density at radius 3 is 0.963 bits per heavy atom. The van der Waals surface area contributed by atoms with Gasteiger partial charge in [0, 0.05) is 0 Å². The summed E-state index contributed by atoms with van der Waals surface area (Å²) in [7, 11) is -5.92. The van der Waals surface area contributed by atoms with Crippen LogP contribution in [0.1, 0.15) is 29.2 Å². The van der Waals surface area contributed by atoms with Gasteiger partial charge in [-0.3, -0.25) is 0 Å². The summed E-state index contributed by atoms with van der Waals surface area (Å²) in [6, 6.07) is 79.6. The first kappa shape index (κ1) is 32.8. The molecular weight excluding hydrogens is 681 g/mol. The van der Waals surface area contributed by atoms with E-state index in [1.807, 2.05) is 0 Å². The molecule has 0 unspecified atom stereocenters. The van der Waals surface area contributed by atoms with E-state index in [1.165, 1.54) is 65.3 Å². The molecule has 2 aliphatic carbocycles. The van der Waals surface area contributed by atoms with Gasteiger partial charge in [-0.05, 0) is 93.6 Å². The Labute approximate surface area is 321 Å². The van der Waals surface area contributed by atoms with Gasteiger partial charge in [0.25, 0.3) is 0 Å². The van der Waals surface area contributed by atoms with Crippen molar-refractivity contribution in [1.82, 2.24) is 0 Å². The Morgan fingerprint density at radius 1 is 0.315 bits per heavy atom. The molecule has 0 saturated heterocycles. The Hall–Kier alpha value is -5.81. The zero-order valence-corrected chi connectivity index (χ0v) is 32.6. The summed E-state index contributed by atoms with van der Waals surface area (Å²) in [4.78, 5) is 0. The molecule has 0 saturated carbocycles. The highest BCUT2D eigenvalue weighted by Crippen LogP contribution is 2.42. The lowest BCUT2D eigenvalue weighted by Gasteiger charge is -2.50. The topological polar surface area (TPSA) is 0 Å². The van der Waals surface area contributed by atoms with Crippen molar-refractivity contribution < 1.29 is 0 Å². The Balaban J connectivity index is 1.38. The van der Waals surface area contributed by atoms with Gasteiger partial charge >= 0.3 is 0 Å². The molecule has 54 heavy (non-hydrogen) atoms. The summed E-state index contributed by atoms with van der Waals surface area (Å²) in [6.07, 6.45) is 1.92. The maximum atomic E-state index is 2.68. The smallest absolute Gasteiger partial charge is 0.0654 e. The Morgan fingerprint density at radius 2 is 0.611 bits per heavy atom. The van der Waals surface area contributed by atoms with Crippen LogP contribution < -0.4 is 31.1 Å². The van der Waals surface area contributed by atoms with E-state index in [9.17, 15) is 0 Å². The minimum absolute atomic E-state index is 0.255. The second kappa shape index (κ2) is 13.2. The largest absolute Gasteiger partial charge is 0.149 e. The lowest BCUT2D eigenvalue weighted by molar-refractivity contribution is 1.21. The standard InChI is InChI=1S/C52H42Si2/c1-38(53(41-22-6-2-7-23-41,42-24-8-3-9-25-42)51-34-18-32-47-45-30-16-14-20-39(45)36-49(47)51)54(43-26-10-4-11-27-43,44-28-12-5-13-29-44)52-35-19-33-48-46-31-17-15-21-40(46)37-50(48)52/h2-35,38H,36-37H2,1H3. The number of hydrogen-bond acceptors (Lipinski definition) is 0. The predicted molar refractivity (Wildman–Crippen MR) is 234 cm³/mol. The first-order valence-corrected chi connectivity index (χ1v) is 23.5. The molecule has 2 aliphatic rings. The molecule has 0 aliphatic heterocycles. The molecule has 0 radical (unpaired) electrons. The first-order valence-electron chi connectivity index (χ1n) is 19.4. The molecule has 0 fully saturated rings. The van der Waals surface area contributed by atoms with Crippen molar-refractivity contribution in [2.45, 2.75) is 24.9 Å². The molecule has 0 spiro atoms. The van der Waals surface area contributed by atoms with Gasteiger partial charge in [-0.25, -0.2) is 0 Å². The summed E-state index contributed by atoms with van der Waals surface area (Å²) in [5.74, 6) is 0. The fraction of sp³-hybridized carbons (Fsp3) is 0.0769. The fourth-order valence-corrected chi connectivity index (χ4v) is 26.0. The zero-order chi connectivity index (χ0) is 36.1. The lowest BCUT2D eigenvalue weighted by Crippen LogP contribution is -2.82. The number of benzene rings is 8. The number of fused-ring (bicyclic) bond motifs is 6. The van der Waals surface area contributed by atoms with Gasteiger partial charge in [-0.1, -0.05) is 213 Å². The summed E-state index contributed by atoms with van der Waals surface area (Å²) in [6.45, 7) is 2.68. The van der Waals surface area contributed by atoms with Crippen LogP contribution in [-0.2, 0) is 12.8 Å². The van der Waals surface area contributed by atoms with Crippen molar-refractivity contribution in [1.29, 1.82) is 0 Å². The third kappa shape index (κ3) is 4.80. The highest BCUT2D eigenvalue weighted by molar-refractivity contribution is 7.27. The summed E-state index contributed by atoms with van der Waals surface area (Å²) >= 11 is 0. The second-order valence-electron chi connectivity index (χ2n) is 15.1. The molecule has 0 amide bonds. The molecule has 10 rings (SSSR count). The third-order valence-corrected chi connectivity index (χ3v) is 25.6. The SMILES string of the molecule is CC([Si](c1ccccc1)(c1ccccc1)c1cccc2c1Cc1ccccc1-2)[Si](c1ccccc1)(c1ccccc1)c1cccc2c1Cc1ccccc1-2. The summed E-state index contributed by atoms with van der Waals surface area (Å²) in [5.41, 5.74) is 11.5. The van der Waals surface area contributed by atoms with E-state index < -0.39 is 16.1 Å². The van der Waals surface area contributed by atoms with Crippen molar-refractivity contribution in [3.8, 4) is 22.3 Å². The van der Waals surface area contributed by atoms with Gasteiger partial charge in [-0.15, -0.1) is 0 Å². The molecule has 8 aromatic rings. The molecule has 0 aromatic heterocycles. The first-order chi connectivity index (χ1) is 26.7. The number of rotatable bonds is 8. The van der Waals surface area contributed by atoms with Crippen molar-refractivity contribution in [2.24, 2.45) is 0 Å². The van der Waals surface area contributed by atoms with E-state index in [0.717, 1.165) is 12.8 Å². The summed E-state index contributed by atoms with van der Waals surface area (Å²) in [5, 5.41) is 9.28. The molecular formula is C52H42Si2. The molecule has 2 heteroatoms. The van der Waals surface area contributed by atoms with Crippen molar-refractivity contribution in [2.75, 3.05) is 0 Å². The lowest BCUT2D eigenvalue weighted by atomic mass is 10.1. The van der Waals surface area contributed by atoms with E-state index >= 15 is 0 Å². The van der Waals surface area contributed by atoms with Gasteiger partial charge in [-0.2, -0.15) is 0 Å². The maximum absolute atomic E-state index is 2.96. The molecule has 0 N–H and O–H groups in total. The van der Waals surface area contributed by atoms with Crippen molar-refractivity contribution in [3.63, 3.8) is 0 Å². The molecule has 0 bridgehead atoms. The van der Waals surface area contributed by atoms with Gasteiger partial charge in [0.15, 0.2) is 0 Å². The predicted octanol–water partition coefficient (Wildman–Crippen LogP) is 8.40. The minimum atomic E-state index is -2.96. The highest BCUT2D eigenvalue weighted by atomic mass is 28.4. The number of hydrogen-bond donors (Lipinski definition) is 0. The average molecular weight is 723 g/mol.